The Balaban J connectivity index is 2.12. The summed E-state index contributed by atoms with van der Waals surface area (Å²) in [5, 5.41) is 0.706. The Bertz CT molecular complexity index is 599. The molecule has 0 aliphatic heterocycles. The fraction of sp³-hybridized carbons (Fsp3) is 0.400. The molecule has 2 aromatic rings. The second-order valence-corrected chi connectivity index (χ2v) is 5.52. The molecule has 0 spiro atoms. The van der Waals surface area contributed by atoms with E-state index in [1.807, 2.05) is 24.3 Å². The summed E-state index contributed by atoms with van der Waals surface area (Å²) >= 11 is 6.26. The van der Waals surface area contributed by atoms with Crippen molar-refractivity contribution in [2.75, 3.05) is 5.73 Å². The Morgan fingerprint density at radius 1 is 1.37 bits per heavy atom. The van der Waals surface area contributed by atoms with Crippen molar-refractivity contribution in [2.45, 2.75) is 38.6 Å². The van der Waals surface area contributed by atoms with Gasteiger partial charge in [0.05, 0.1) is 5.02 Å². The van der Waals surface area contributed by atoms with Crippen LogP contribution in [-0.2, 0) is 6.54 Å². The monoisotopic (exact) mass is 275 g/mol. The van der Waals surface area contributed by atoms with Crippen LogP contribution in [0.15, 0.2) is 24.3 Å². The van der Waals surface area contributed by atoms with Gasteiger partial charge >= 0.3 is 0 Å². The molecule has 1 fully saturated rings. The molecule has 2 N–H and O–H groups in total. The summed E-state index contributed by atoms with van der Waals surface area (Å²) in [5.41, 5.74) is 8.06. The lowest BCUT2D eigenvalue weighted by molar-refractivity contribution is 0.646. The lowest BCUT2D eigenvalue weighted by Crippen LogP contribution is -2.06. The van der Waals surface area contributed by atoms with Gasteiger partial charge in [0.2, 0.25) is 0 Å². The fourth-order valence-electron chi connectivity index (χ4n) is 2.45. The van der Waals surface area contributed by atoms with Crippen LogP contribution in [0.2, 0.25) is 5.02 Å². The third kappa shape index (κ3) is 2.23. The molecule has 1 saturated carbocycles. The number of hydrogen-bond acceptors (Lipinski definition) is 2. The summed E-state index contributed by atoms with van der Waals surface area (Å²) in [5.74, 6) is 2.47. The van der Waals surface area contributed by atoms with Gasteiger partial charge in [-0.05, 0) is 25.3 Å². The third-order valence-corrected chi connectivity index (χ3v) is 3.88. The summed E-state index contributed by atoms with van der Waals surface area (Å²) in [6.45, 7) is 3.08. The molecule has 3 nitrogen and oxygen atoms in total. The highest BCUT2D eigenvalue weighted by molar-refractivity contribution is 6.33. The fourth-order valence-corrected chi connectivity index (χ4v) is 2.67. The maximum atomic E-state index is 6.30. The summed E-state index contributed by atoms with van der Waals surface area (Å²) in [6.07, 6.45) is 3.51. The second-order valence-electron chi connectivity index (χ2n) is 5.11. The first-order chi connectivity index (χ1) is 9.22. The van der Waals surface area contributed by atoms with Crippen LogP contribution in [0.1, 0.15) is 37.9 Å². The van der Waals surface area contributed by atoms with Crippen molar-refractivity contribution >= 4 is 17.4 Å². The number of imidazole rings is 1. The molecular formula is C15H18ClN3. The number of aromatic nitrogens is 2. The van der Waals surface area contributed by atoms with Crippen LogP contribution >= 0.6 is 11.6 Å². The zero-order chi connectivity index (χ0) is 13.4. The van der Waals surface area contributed by atoms with Crippen molar-refractivity contribution in [1.82, 2.24) is 9.55 Å². The van der Waals surface area contributed by atoms with E-state index in [4.69, 9.17) is 22.3 Å². The predicted octanol–water partition coefficient (Wildman–Crippen LogP) is 4.07. The second kappa shape index (κ2) is 4.89. The van der Waals surface area contributed by atoms with Crippen molar-refractivity contribution in [3.63, 3.8) is 0 Å². The molecule has 100 valence electrons. The van der Waals surface area contributed by atoms with E-state index >= 15 is 0 Å². The molecule has 0 radical (unpaired) electrons. The highest BCUT2D eigenvalue weighted by Crippen LogP contribution is 2.43. The van der Waals surface area contributed by atoms with E-state index in [1.165, 1.54) is 12.8 Å². The number of anilines is 1. The first-order valence-electron chi connectivity index (χ1n) is 6.83. The average Bonchev–Trinajstić information content (AvgIpc) is 3.19. The summed E-state index contributed by atoms with van der Waals surface area (Å²) in [7, 11) is 0. The van der Waals surface area contributed by atoms with Crippen LogP contribution in [0, 0.1) is 0 Å². The molecule has 0 saturated heterocycles. The molecule has 19 heavy (non-hydrogen) atoms. The number of nitrogens with zero attached hydrogens (tertiary/aromatic N) is 2. The zero-order valence-electron chi connectivity index (χ0n) is 11.1. The maximum absolute atomic E-state index is 6.30. The Hall–Kier alpha value is -1.48. The minimum atomic E-state index is 0.588. The smallest absolute Gasteiger partial charge is 0.131 e. The van der Waals surface area contributed by atoms with Crippen molar-refractivity contribution in [3.8, 4) is 11.3 Å². The van der Waals surface area contributed by atoms with Crippen LogP contribution in [0.25, 0.3) is 11.3 Å². The number of benzene rings is 1. The SMILES string of the molecule is CCCn1c(C2CC2)nc(-c2ccccc2Cl)c1N. The molecule has 0 bridgehead atoms. The standard InChI is InChI=1S/C15H18ClN3/c1-2-9-19-14(17)13(18-15(19)10-7-8-10)11-5-3-4-6-12(11)16/h3-6,10H,2,7-9,17H2,1H3. The number of hydrogen-bond donors (Lipinski definition) is 1. The van der Waals surface area contributed by atoms with Gasteiger partial charge in [0, 0.05) is 18.0 Å². The molecule has 1 aliphatic rings. The quantitative estimate of drug-likeness (QED) is 0.914. The van der Waals surface area contributed by atoms with E-state index < -0.39 is 0 Å². The Kier molecular flexibility index (Phi) is 3.23. The van der Waals surface area contributed by atoms with E-state index in [9.17, 15) is 0 Å². The summed E-state index contributed by atoms with van der Waals surface area (Å²) in [6, 6.07) is 7.75. The van der Waals surface area contributed by atoms with Crippen LogP contribution in [-0.4, -0.2) is 9.55 Å². The Labute approximate surface area is 118 Å². The van der Waals surface area contributed by atoms with Gasteiger partial charge in [-0.3, -0.25) is 0 Å². The lowest BCUT2D eigenvalue weighted by Gasteiger charge is -2.07. The molecule has 1 aliphatic carbocycles. The van der Waals surface area contributed by atoms with E-state index in [1.54, 1.807) is 0 Å². The van der Waals surface area contributed by atoms with Crippen LogP contribution in [0.3, 0.4) is 0 Å². The third-order valence-electron chi connectivity index (χ3n) is 3.56. The van der Waals surface area contributed by atoms with E-state index in [-0.39, 0.29) is 0 Å². The van der Waals surface area contributed by atoms with E-state index in [2.05, 4.69) is 11.5 Å². The van der Waals surface area contributed by atoms with Gasteiger partial charge in [0.1, 0.15) is 17.3 Å². The van der Waals surface area contributed by atoms with Crippen molar-refractivity contribution in [1.29, 1.82) is 0 Å². The van der Waals surface area contributed by atoms with Crippen molar-refractivity contribution in [2.24, 2.45) is 0 Å². The minimum absolute atomic E-state index is 0.588. The first kappa shape index (κ1) is 12.5. The zero-order valence-corrected chi connectivity index (χ0v) is 11.8. The van der Waals surface area contributed by atoms with Gasteiger partial charge in [-0.1, -0.05) is 36.7 Å². The summed E-state index contributed by atoms with van der Waals surface area (Å²) in [4.78, 5) is 4.77. The molecule has 0 atom stereocenters. The molecule has 3 rings (SSSR count). The molecule has 0 unspecified atom stereocenters. The number of rotatable bonds is 4. The molecule has 1 aromatic carbocycles. The number of nitrogen functional groups attached to an aromatic ring is 1. The Morgan fingerprint density at radius 3 is 2.74 bits per heavy atom. The van der Waals surface area contributed by atoms with E-state index in [0.29, 0.717) is 10.9 Å². The van der Waals surface area contributed by atoms with Crippen LogP contribution in [0.4, 0.5) is 5.82 Å². The topological polar surface area (TPSA) is 43.8 Å². The first-order valence-corrected chi connectivity index (χ1v) is 7.21. The van der Waals surface area contributed by atoms with Gasteiger partial charge in [-0.15, -0.1) is 0 Å². The molecule has 4 heteroatoms. The molecule has 0 amide bonds. The van der Waals surface area contributed by atoms with Crippen LogP contribution in [0.5, 0.6) is 0 Å². The number of nitrogens with two attached hydrogens (primary N) is 1. The van der Waals surface area contributed by atoms with Gasteiger partial charge in [0.15, 0.2) is 0 Å². The minimum Gasteiger partial charge on any atom is -0.383 e. The van der Waals surface area contributed by atoms with Crippen LogP contribution < -0.4 is 5.73 Å². The highest BCUT2D eigenvalue weighted by Gasteiger charge is 2.31. The van der Waals surface area contributed by atoms with Gasteiger partial charge in [-0.25, -0.2) is 4.98 Å². The van der Waals surface area contributed by atoms with Crippen molar-refractivity contribution < 1.29 is 0 Å². The Morgan fingerprint density at radius 2 is 2.11 bits per heavy atom. The molecule has 1 heterocycles. The van der Waals surface area contributed by atoms with E-state index in [0.717, 1.165) is 35.9 Å². The average molecular weight is 276 g/mol. The normalized spacial score (nSPS) is 14.8. The molecule has 1 aromatic heterocycles. The predicted molar refractivity (Wildman–Crippen MR) is 79.4 cm³/mol. The van der Waals surface area contributed by atoms with Gasteiger partial charge in [0.25, 0.3) is 0 Å². The highest BCUT2D eigenvalue weighted by atomic mass is 35.5. The lowest BCUT2D eigenvalue weighted by atomic mass is 10.1. The summed E-state index contributed by atoms with van der Waals surface area (Å²) < 4.78 is 2.16. The van der Waals surface area contributed by atoms with Gasteiger partial charge in [-0.2, -0.15) is 0 Å². The largest absolute Gasteiger partial charge is 0.383 e. The number of halogens is 1. The van der Waals surface area contributed by atoms with Gasteiger partial charge < -0.3 is 10.3 Å². The molecular weight excluding hydrogens is 258 g/mol. The van der Waals surface area contributed by atoms with Crippen molar-refractivity contribution in [3.05, 3.63) is 35.1 Å². The maximum Gasteiger partial charge on any atom is 0.131 e.